The quantitative estimate of drug-likeness (QED) is 0.920. The van der Waals surface area contributed by atoms with Crippen LogP contribution in [0.2, 0.25) is 0 Å². The van der Waals surface area contributed by atoms with Gasteiger partial charge in [0.25, 0.3) is 0 Å². The lowest BCUT2D eigenvalue weighted by molar-refractivity contribution is -0.128. The van der Waals surface area contributed by atoms with Gasteiger partial charge in [0, 0.05) is 30.4 Å². The van der Waals surface area contributed by atoms with Crippen molar-refractivity contribution in [2.24, 2.45) is 0 Å². The number of likely N-dealkylation sites (tertiary alicyclic amines) is 1. The molecule has 118 valence electrons. The lowest BCUT2D eigenvalue weighted by Gasteiger charge is -2.34. The Balaban J connectivity index is 1.62. The lowest BCUT2D eigenvalue weighted by atomic mass is 10.0. The maximum absolute atomic E-state index is 12.5. The third-order valence-electron chi connectivity index (χ3n) is 4.90. The van der Waals surface area contributed by atoms with Crippen LogP contribution in [0.25, 0.3) is 0 Å². The third-order valence-corrected chi connectivity index (χ3v) is 4.90. The van der Waals surface area contributed by atoms with Crippen molar-refractivity contribution >= 4 is 11.6 Å². The number of allylic oxidation sites excluding steroid dienone is 1. The Labute approximate surface area is 133 Å². The number of rotatable bonds is 3. The highest BCUT2D eigenvalue weighted by Gasteiger charge is 2.26. The van der Waals surface area contributed by atoms with E-state index >= 15 is 0 Å². The molecule has 1 aromatic rings. The maximum Gasteiger partial charge on any atom is 0.249 e. The number of hydrogen-bond acceptors (Lipinski definition) is 2. The second kappa shape index (κ2) is 6.55. The molecule has 1 fully saturated rings. The molecule has 0 unspecified atom stereocenters. The molecule has 1 atom stereocenters. The molecule has 2 aliphatic rings. The zero-order valence-electron chi connectivity index (χ0n) is 13.7. The number of nitrogens with one attached hydrogen (secondary N) is 1. The predicted molar refractivity (Wildman–Crippen MR) is 91.1 cm³/mol. The van der Waals surface area contributed by atoms with E-state index < -0.39 is 0 Å². The number of amides is 1. The van der Waals surface area contributed by atoms with Crippen LogP contribution in [0.15, 0.2) is 29.8 Å². The highest BCUT2D eigenvalue weighted by molar-refractivity contribution is 5.93. The summed E-state index contributed by atoms with van der Waals surface area (Å²) in [7, 11) is 0. The first-order chi connectivity index (χ1) is 10.6. The summed E-state index contributed by atoms with van der Waals surface area (Å²) in [5.74, 6) is 0.268. The Morgan fingerprint density at radius 3 is 2.82 bits per heavy atom. The van der Waals surface area contributed by atoms with E-state index in [4.69, 9.17) is 0 Å². The SMILES string of the molecule is Cc1ccc(N[C@@H]2CCCN(C(=O)C3=CCCC3)C2)cc1C. The number of piperidine rings is 1. The number of carbonyl (C=O) groups excluding carboxylic acids is 1. The second-order valence-electron chi connectivity index (χ2n) is 6.66. The summed E-state index contributed by atoms with van der Waals surface area (Å²) >= 11 is 0. The molecule has 1 saturated heterocycles. The fraction of sp³-hybridized carbons (Fsp3) is 0.526. The molecule has 1 aromatic carbocycles. The zero-order valence-corrected chi connectivity index (χ0v) is 13.7. The normalized spacial score (nSPS) is 21.6. The van der Waals surface area contributed by atoms with E-state index in [1.54, 1.807) is 0 Å². The van der Waals surface area contributed by atoms with Crippen molar-refractivity contribution in [1.82, 2.24) is 4.90 Å². The van der Waals surface area contributed by atoms with E-state index in [1.807, 2.05) is 4.90 Å². The molecule has 0 saturated carbocycles. The van der Waals surface area contributed by atoms with Crippen molar-refractivity contribution in [2.45, 2.75) is 52.0 Å². The van der Waals surface area contributed by atoms with Crippen LogP contribution in [0.3, 0.4) is 0 Å². The summed E-state index contributed by atoms with van der Waals surface area (Å²) in [4.78, 5) is 14.6. The topological polar surface area (TPSA) is 32.3 Å². The molecule has 1 heterocycles. The van der Waals surface area contributed by atoms with Gasteiger partial charge in [-0.15, -0.1) is 0 Å². The van der Waals surface area contributed by atoms with Crippen LogP contribution < -0.4 is 5.32 Å². The van der Waals surface area contributed by atoms with Crippen LogP contribution in [-0.2, 0) is 4.79 Å². The van der Waals surface area contributed by atoms with Gasteiger partial charge in [0.2, 0.25) is 5.91 Å². The average Bonchev–Trinajstić information content (AvgIpc) is 3.05. The Morgan fingerprint density at radius 2 is 2.09 bits per heavy atom. The number of nitrogens with zero attached hydrogens (tertiary/aromatic N) is 1. The minimum atomic E-state index is 0.268. The van der Waals surface area contributed by atoms with Crippen molar-refractivity contribution in [3.8, 4) is 0 Å². The van der Waals surface area contributed by atoms with Crippen LogP contribution in [0.1, 0.15) is 43.2 Å². The number of carbonyl (C=O) groups is 1. The van der Waals surface area contributed by atoms with Crippen LogP contribution in [-0.4, -0.2) is 29.9 Å². The van der Waals surface area contributed by atoms with Crippen molar-refractivity contribution in [3.63, 3.8) is 0 Å². The molecule has 1 aliphatic heterocycles. The minimum Gasteiger partial charge on any atom is -0.381 e. The fourth-order valence-corrected chi connectivity index (χ4v) is 3.41. The van der Waals surface area contributed by atoms with Gasteiger partial charge in [-0.2, -0.15) is 0 Å². The van der Waals surface area contributed by atoms with Crippen molar-refractivity contribution in [2.75, 3.05) is 18.4 Å². The predicted octanol–water partition coefficient (Wildman–Crippen LogP) is 3.82. The Kier molecular flexibility index (Phi) is 4.51. The van der Waals surface area contributed by atoms with Gasteiger partial charge >= 0.3 is 0 Å². The molecule has 0 aromatic heterocycles. The van der Waals surface area contributed by atoms with Crippen molar-refractivity contribution in [1.29, 1.82) is 0 Å². The van der Waals surface area contributed by atoms with E-state index in [-0.39, 0.29) is 5.91 Å². The van der Waals surface area contributed by atoms with Gasteiger partial charge in [0.05, 0.1) is 0 Å². The van der Waals surface area contributed by atoms with Gasteiger partial charge in [-0.25, -0.2) is 0 Å². The number of hydrogen-bond donors (Lipinski definition) is 1. The highest BCUT2D eigenvalue weighted by atomic mass is 16.2. The molecule has 0 radical (unpaired) electrons. The van der Waals surface area contributed by atoms with Gasteiger partial charge in [0.15, 0.2) is 0 Å². The smallest absolute Gasteiger partial charge is 0.249 e. The van der Waals surface area contributed by atoms with Crippen LogP contribution >= 0.6 is 0 Å². The summed E-state index contributed by atoms with van der Waals surface area (Å²) in [5.41, 5.74) is 4.83. The van der Waals surface area contributed by atoms with Crippen molar-refractivity contribution in [3.05, 3.63) is 41.0 Å². The molecular weight excluding hydrogens is 272 g/mol. The fourth-order valence-electron chi connectivity index (χ4n) is 3.41. The van der Waals surface area contributed by atoms with Crippen LogP contribution in [0, 0.1) is 13.8 Å². The van der Waals surface area contributed by atoms with Gasteiger partial charge in [0.1, 0.15) is 0 Å². The van der Waals surface area contributed by atoms with E-state index in [0.29, 0.717) is 6.04 Å². The largest absolute Gasteiger partial charge is 0.381 e. The molecule has 3 nitrogen and oxygen atoms in total. The molecule has 3 heteroatoms. The monoisotopic (exact) mass is 298 g/mol. The third kappa shape index (κ3) is 3.34. The molecular formula is C19H26N2O. The molecule has 1 N–H and O–H groups in total. The van der Waals surface area contributed by atoms with Crippen LogP contribution in [0.4, 0.5) is 5.69 Å². The van der Waals surface area contributed by atoms with Gasteiger partial charge in [-0.05, 0) is 69.2 Å². The maximum atomic E-state index is 12.5. The first kappa shape index (κ1) is 15.1. The van der Waals surface area contributed by atoms with Gasteiger partial charge < -0.3 is 10.2 Å². The molecule has 0 bridgehead atoms. The molecule has 0 spiro atoms. The number of benzene rings is 1. The number of aryl methyl sites for hydroxylation is 2. The first-order valence-electron chi connectivity index (χ1n) is 8.45. The Hall–Kier alpha value is -1.77. The summed E-state index contributed by atoms with van der Waals surface area (Å²) < 4.78 is 0. The number of anilines is 1. The average molecular weight is 298 g/mol. The molecule has 1 amide bonds. The molecule has 22 heavy (non-hydrogen) atoms. The summed E-state index contributed by atoms with van der Waals surface area (Å²) in [5, 5.41) is 3.61. The van der Waals surface area contributed by atoms with Crippen molar-refractivity contribution < 1.29 is 4.79 Å². The van der Waals surface area contributed by atoms with E-state index in [0.717, 1.165) is 50.8 Å². The zero-order chi connectivity index (χ0) is 15.5. The molecule has 1 aliphatic carbocycles. The van der Waals surface area contributed by atoms with Crippen LogP contribution in [0.5, 0.6) is 0 Å². The van der Waals surface area contributed by atoms with Gasteiger partial charge in [-0.1, -0.05) is 12.1 Å². The minimum absolute atomic E-state index is 0.268. The van der Waals surface area contributed by atoms with Gasteiger partial charge in [-0.3, -0.25) is 4.79 Å². The van der Waals surface area contributed by atoms with E-state index in [9.17, 15) is 4.79 Å². The summed E-state index contributed by atoms with van der Waals surface area (Å²) in [6.07, 6.45) is 7.52. The second-order valence-corrected chi connectivity index (χ2v) is 6.66. The first-order valence-corrected chi connectivity index (χ1v) is 8.45. The van der Waals surface area contributed by atoms with E-state index in [2.05, 4.69) is 43.4 Å². The summed E-state index contributed by atoms with van der Waals surface area (Å²) in [6.45, 7) is 6.00. The lowest BCUT2D eigenvalue weighted by Crippen LogP contribution is -2.45. The molecule has 3 rings (SSSR count). The van der Waals surface area contributed by atoms with E-state index in [1.165, 1.54) is 16.8 Å². The highest BCUT2D eigenvalue weighted by Crippen LogP contribution is 2.23. The summed E-state index contributed by atoms with van der Waals surface area (Å²) in [6, 6.07) is 6.87. The Bertz CT molecular complexity index is 591. The standard InChI is InChI=1S/C19H26N2O/c1-14-9-10-17(12-15(14)2)20-18-8-5-11-21(13-18)19(22)16-6-3-4-7-16/h6,9-10,12,18,20H,3-5,7-8,11,13H2,1-2H3/t18-/m1/s1. The Morgan fingerprint density at radius 1 is 1.23 bits per heavy atom.